The minimum Gasteiger partial charge on any atom is -0.384 e. The summed E-state index contributed by atoms with van der Waals surface area (Å²) in [6.45, 7) is 2.00. The number of benzene rings is 1. The third-order valence-corrected chi connectivity index (χ3v) is 4.42. The maximum Gasteiger partial charge on any atom is 0.252 e. The van der Waals surface area contributed by atoms with Gasteiger partial charge in [-0.15, -0.1) is 0 Å². The van der Waals surface area contributed by atoms with Gasteiger partial charge in [0.05, 0.1) is 27.5 Å². The first-order valence-corrected chi connectivity index (χ1v) is 9.00. The van der Waals surface area contributed by atoms with Crippen LogP contribution >= 0.6 is 11.6 Å². The van der Waals surface area contributed by atoms with Crippen molar-refractivity contribution in [3.63, 3.8) is 0 Å². The zero-order valence-corrected chi connectivity index (χ0v) is 16.2. The molecular formula is C21H18ClN5O. The van der Waals surface area contributed by atoms with E-state index in [4.69, 9.17) is 17.3 Å². The highest BCUT2D eigenvalue weighted by Gasteiger charge is 2.15. The lowest BCUT2D eigenvalue weighted by Gasteiger charge is -2.10. The van der Waals surface area contributed by atoms with E-state index in [9.17, 15) is 4.79 Å². The lowest BCUT2D eigenvalue weighted by Crippen LogP contribution is -2.18. The maximum atomic E-state index is 12.1. The van der Waals surface area contributed by atoms with Crippen molar-refractivity contribution in [2.75, 3.05) is 12.8 Å². The van der Waals surface area contributed by atoms with Crippen LogP contribution in [-0.4, -0.2) is 27.9 Å². The van der Waals surface area contributed by atoms with Crippen LogP contribution in [0.15, 0.2) is 42.9 Å². The number of amides is 1. The molecule has 0 aliphatic heterocycles. The molecule has 0 aliphatic rings. The fraction of sp³-hybridized carbons (Fsp3) is 0.143. The molecule has 7 heteroatoms. The van der Waals surface area contributed by atoms with Gasteiger partial charge in [-0.25, -0.2) is 15.0 Å². The number of nitrogens with zero attached hydrogens (tertiary/aromatic N) is 3. The minimum atomic E-state index is -0.266. The zero-order chi connectivity index (χ0) is 20.1. The number of nitrogens with two attached hydrogens (primary N) is 1. The van der Waals surface area contributed by atoms with E-state index in [-0.39, 0.29) is 5.91 Å². The van der Waals surface area contributed by atoms with Crippen molar-refractivity contribution in [3.05, 3.63) is 70.3 Å². The predicted octanol–water partition coefficient (Wildman–Crippen LogP) is 3.10. The third-order valence-electron chi connectivity index (χ3n) is 4.09. The van der Waals surface area contributed by atoms with Crippen molar-refractivity contribution < 1.29 is 4.79 Å². The first-order chi connectivity index (χ1) is 13.5. The third kappa shape index (κ3) is 4.11. The molecular weight excluding hydrogens is 374 g/mol. The summed E-state index contributed by atoms with van der Waals surface area (Å²) >= 11 is 6.17. The molecule has 3 aromatic rings. The quantitative estimate of drug-likeness (QED) is 0.669. The number of nitrogen functional groups attached to an aromatic ring is 1. The van der Waals surface area contributed by atoms with E-state index in [1.54, 1.807) is 37.5 Å². The first kappa shape index (κ1) is 19.3. The lowest BCUT2D eigenvalue weighted by molar-refractivity contribution is 0.0963. The summed E-state index contributed by atoms with van der Waals surface area (Å²) in [6, 6.07) is 8.69. The van der Waals surface area contributed by atoms with Crippen molar-refractivity contribution in [1.82, 2.24) is 20.3 Å². The SMILES string of the molecule is CCc1ncnc(-c2ccc(Cl)c(C(=O)NC)c2)c1C#Cc1ccc(N)nc1. The smallest absolute Gasteiger partial charge is 0.252 e. The van der Waals surface area contributed by atoms with Crippen molar-refractivity contribution in [2.24, 2.45) is 0 Å². The predicted molar refractivity (Wildman–Crippen MR) is 110 cm³/mol. The van der Waals surface area contributed by atoms with E-state index in [0.29, 0.717) is 34.1 Å². The number of hydrogen-bond acceptors (Lipinski definition) is 5. The Morgan fingerprint density at radius 1 is 1.18 bits per heavy atom. The van der Waals surface area contributed by atoms with Gasteiger partial charge in [-0.3, -0.25) is 4.79 Å². The Morgan fingerprint density at radius 3 is 2.68 bits per heavy atom. The molecule has 0 unspecified atom stereocenters. The molecule has 6 nitrogen and oxygen atoms in total. The van der Waals surface area contributed by atoms with Crippen molar-refractivity contribution in [2.45, 2.75) is 13.3 Å². The molecule has 0 aliphatic carbocycles. The minimum absolute atomic E-state index is 0.266. The number of anilines is 1. The number of halogens is 1. The van der Waals surface area contributed by atoms with Crippen LogP contribution in [0.1, 0.15) is 34.1 Å². The number of aromatic nitrogens is 3. The van der Waals surface area contributed by atoms with Crippen LogP contribution in [0.2, 0.25) is 5.02 Å². The van der Waals surface area contributed by atoms with Gasteiger partial charge in [-0.1, -0.05) is 36.4 Å². The zero-order valence-electron chi connectivity index (χ0n) is 15.5. The molecule has 0 spiro atoms. The van der Waals surface area contributed by atoms with Gasteiger partial charge >= 0.3 is 0 Å². The molecule has 2 heterocycles. The van der Waals surface area contributed by atoms with Crippen LogP contribution in [0.5, 0.6) is 0 Å². The van der Waals surface area contributed by atoms with E-state index in [2.05, 4.69) is 32.1 Å². The molecule has 28 heavy (non-hydrogen) atoms. The van der Waals surface area contributed by atoms with Gasteiger partial charge in [-0.2, -0.15) is 0 Å². The van der Waals surface area contributed by atoms with Crippen LogP contribution in [-0.2, 0) is 6.42 Å². The second-order valence-electron chi connectivity index (χ2n) is 5.89. The van der Waals surface area contributed by atoms with Crippen LogP contribution < -0.4 is 11.1 Å². The summed E-state index contributed by atoms with van der Waals surface area (Å²) < 4.78 is 0. The number of pyridine rings is 1. The molecule has 0 atom stereocenters. The molecule has 3 rings (SSSR count). The fourth-order valence-corrected chi connectivity index (χ4v) is 2.84. The highest BCUT2D eigenvalue weighted by Crippen LogP contribution is 2.27. The van der Waals surface area contributed by atoms with E-state index >= 15 is 0 Å². The van der Waals surface area contributed by atoms with Crippen molar-refractivity contribution in [1.29, 1.82) is 0 Å². The Kier molecular flexibility index (Phi) is 5.87. The van der Waals surface area contributed by atoms with Crippen LogP contribution in [0.3, 0.4) is 0 Å². The molecule has 0 bridgehead atoms. The van der Waals surface area contributed by atoms with Gasteiger partial charge in [0.1, 0.15) is 12.1 Å². The van der Waals surface area contributed by atoms with Crippen LogP contribution in [0.25, 0.3) is 11.3 Å². The van der Waals surface area contributed by atoms with E-state index in [0.717, 1.165) is 16.8 Å². The standard InChI is InChI=1S/C21H18ClN5O/c1-3-18-15(7-4-13-5-9-19(23)25-11-13)20(27-12-26-18)14-6-8-17(22)16(10-14)21(28)24-2/h5-6,8-12H,3H2,1-2H3,(H2,23,25)(H,24,28). The highest BCUT2D eigenvalue weighted by atomic mass is 35.5. The number of aryl methyl sites for hydroxylation is 1. The molecule has 0 fully saturated rings. The Morgan fingerprint density at radius 2 is 2.00 bits per heavy atom. The Labute approximate surface area is 168 Å². The first-order valence-electron chi connectivity index (χ1n) is 8.63. The number of carbonyl (C=O) groups excluding carboxylic acids is 1. The average molecular weight is 392 g/mol. The van der Waals surface area contributed by atoms with E-state index in [1.165, 1.54) is 6.33 Å². The lowest BCUT2D eigenvalue weighted by atomic mass is 10.0. The Balaban J connectivity index is 2.13. The molecule has 1 amide bonds. The van der Waals surface area contributed by atoms with Crippen molar-refractivity contribution >= 4 is 23.3 Å². The second kappa shape index (κ2) is 8.51. The largest absolute Gasteiger partial charge is 0.384 e. The molecule has 1 aromatic carbocycles. The highest BCUT2D eigenvalue weighted by molar-refractivity contribution is 6.34. The summed E-state index contributed by atoms with van der Waals surface area (Å²) in [5.74, 6) is 6.40. The number of hydrogen-bond donors (Lipinski definition) is 2. The number of carbonyl (C=O) groups is 1. The summed E-state index contributed by atoms with van der Waals surface area (Å²) in [4.78, 5) is 24.9. The molecule has 140 valence electrons. The molecule has 0 saturated heterocycles. The van der Waals surface area contributed by atoms with Gasteiger partial charge in [0, 0.05) is 24.4 Å². The summed E-state index contributed by atoms with van der Waals surface area (Å²) in [6.07, 6.45) is 3.80. The Bertz CT molecular complexity index is 1080. The number of nitrogens with one attached hydrogen (secondary N) is 1. The number of rotatable bonds is 3. The maximum absolute atomic E-state index is 12.1. The second-order valence-corrected chi connectivity index (χ2v) is 6.30. The van der Waals surface area contributed by atoms with Gasteiger partial charge in [-0.05, 0) is 30.7 Å². The Hall–Kier alpha value is -3.43. The fourth-order valence-electron chi connectivity index (χ4n) is 2.64. The summed E-state index contributed by atoms with van der Waals surface area (Å²) in [5.41, 5.74) is 9.62. The normalized spacial score (nSPS) is 10.1. The van der Waals surface area contributed by atoms with Crippen LogP contribution in [0.4, 0.5) is 5.82 Å². The molecule has 2 aromatic heterocycles. The van der Waals surface area contributed by atoms with Gasteiger partial charge < -0.3 is 11.1 Å². The molecule has 0 radical (unpaired) electrons. The summed E-state index contributed by atoms with van der Waals surface area (Å²) in [5, 5.41) is 2.96. The van der Waals surface area contributed by atoms with Gasteiger partial charge in [0.15, 0.2) is 0 Å². The van der Waals surface area contributed by atoms with Gasteiger partial charge in [0.25, 0.3) is 5.91 Å². The molecule has 3 N–H and O–H groups in total. The average Bonchev–Trinajstić information content (AvgIpc) is 2.73. The van der Waals surface area contributed by atoms with Crippen LogP contribution in [0, 0.1) is 11.8 Å². The molecule has 0 saturated carbocycles. The summed E-state index contributed by atoms with van der Waals surface area (Å²) in [7, 11) is 1.56. The van der Waals surface area contributed by atoms with E-state index in [1.807, 2.05) is 13.0 Å². The van der Waals surface area contributed by atoms with E-state index < -0.39 is 0 Å². The topological polar surface area (TPSA) is 93.8 Å². The van der Waals surface area contributed by atoms with Crippen molar-refractivity contribution in [3.8, 4) is 23.1 Å². The van der Waals surface area contributed by atoms with Gasteiger partial charge in [0.2, 0.25) is 0 Å². The monoisotopic (exact) mass is 391 g/mol.